The van der Waals surface area contributed by atoms with Gasteiger partial charge in [0.15, 0.2) is 0 Å². The topological polar surface area (TPSA) is 41.1 Å². The zero-order valence-corrected chi connectivity index (χ0v) is 9.85. The van der Waals surface area contributed by atoms with Gasteiger partial charge in [0.05, 0.1) is 0 Å². The number of nitrogens with one attached hydrogen (secondary N) is 2. The second kappa shape index (κ2) is 7.69. The minimum Gasteiger partial charge on any atom is -0.292 e. The number of hydrogen-bond donors (Lipinski definition) is 2. The lowest BCUT2D eigenvalue weighted by Gasteiger charge is -2.21. The van der Waals surface area contributed by atoms with Gasteiger partial charge in [0.2, 0.25) is 5.91 Å². The van der Waals surface area contributed by atoms with E-state index in [1.807, 2.05) is 0 Å². The highest BCUT2D eigenvalue weighted by atomic mass is 16.2. The van der Waals surface area contributed by atoms with E-state index in [4.69, 9.17) is 0 Å². The maximum absolute atomic E-state index is 11.1. The number of hydrogen-bond acceptors (Lipinski definition) is 2. The molecule has 0 spiro atoms. The summed E-state index contributed by atoms with van der Waals surface area (Å²) in [5, 5.41) is 0. The van der Waals surface area contributed by atoms with Crippen molar-refractivity contribution >= 4 is 5.91 Å². The van der Waals surface area contributed by atoms with E-state index in [2.05, 4.69) is 10.9 Å². The van der Waals surface area contributed by atoms with Crippen LogP contribution in [0.5, 0.6) is 0 Å². The number of carbonyl (C=O) groups is 1. The molecule has 0 aromatic heterocycles. The van der Waals surface area contributed by atoms with Crippen molar-refractivity contribution in [2.75, 3.05) is 7.05 Å². The molecule has 1 amide bonds. The Bertz CT molecular complexity index is 176. The molecule has 0 atom stereocenters. The summed E-state index contributed by atoms with van der Waals surface area (Å²) in [6, 6.07) is 0. The van der Waals surface area contributed by atoms with Crippen molar-refractivity contribution in [1.29, 1.82) is 0 Å². The molecule has 1 aliphatic rings. The van der Waals surface area contributed by atoms with Gasteiger partial charge in [-0.3, -0.25) is 10.2 Å². The van der Waals surface area contributed by atoms with Gasteiger partial charge in [-0.05, 0) is 12.3 Å². The van der Waals surface area contributed by atoms with E-state index < -0.39 is 0 Å². The first kappa shape index (κ1) is 12.5. The normalized spacial score (nSPS) is 17.7. The van der Waals surface area contributed by atoms with Gasteiger partial charge in [-0.2, -0.15) is 0 Å². The molecule has 0 aromatic rings. The molecule has 2 N–H and O–H groups in total. The van der Waals surface area contributed by atoms with Crippen LogP contribution in [-0.2, 0) is 4.79 Å². The van der Waals surface area contributed by atoms with E-state index in [0.717, 1.165) is 12.3 Å². The Morgan fingerprint density at radius 2 is 1.93 bits per heavy atom. The van der Waals surface area contributed by atoms with Gasteiger partial charge in [0.1, 0.15) is 0 Å². The fraction of sp³-hybridized carbons (Fsp3) is 0.917. The molecule has 0 radical (unpaired) electrons. The first-order valence-electron chi connectivity index (χ1n) is 6.28. The third kappa shape index (κ3) is 5.78. The zero-order valence-electron chi connectivity index (χ0n) is 9.85. The van der Waals surface area contributed by atoms with Gasteiger partial charge >= 0.3 is 0 Å². The third-order valence-electron chi connectivity index (χ3n) is 3.26. The molecule has 0 aromatic carbocycles. The average Bonchev–Trinajstić information content (AvgIpc) is 2.26. The summed E-state index contributed by atoms with van der Waals surface area (Å²) in [6.07, 6.45) is 11.3. The predicted molar refractivity (Wildman–Crippen MR) is 62.2 cm³/mol. The van der Waals surface area contributed by atoms with E-state index >= 15 is 0 Å². The zero-order chi connectivity index (χ0) is 10.9. The summed E-state index contributed by atoms with van der Waals surface area (Å²) in [4.78, 5) is 11.1. The van der Waals surface area contributed by atoms with Crippen molar-refractivity contribution in [3.63, 3.8) is 0 Å². The molecule has 0 unspecified atom stereocenters. The molecule has 0 saturated heterocycles. The van der Waals surface area contributed by atoms with Crippen LogP contribution in [0.15, 0.2) is 0 Å². The van der Waals surface area contributed by atoms with Crippen molar-refractivity contribution in [2.24, 2.45) is 5.92 Å². The van der Waals surface area contributed by atoms with Crippen LogP contribution >= 0.6 is 0 Å². The highest BCUT2D eigenvalue weighted by molar-refractivity contribution is 5.75. The smallest absolute Gasteiger partial charge is 0.234 e. The first-order valence-corrected chi connectivity index (χ1v) is 6.28. The molecule has 0 aliphatic heterocycles. The Labute approximate surface area is 93.0 Å². The van der Waals surface area contributed by atoms with Crippen molar-refractivity contribution in [1.82, 2.24) is 10.9 Å². The van der Waals surface area contributed by atoms with E-state index in [1.54, 1.807) is 7.05 Å². The van der Waals surface area contributed by atoms with Gasteiger partial charge in [-0.25, -0.2) is 5.43 Å². The molecule has 15 heavy (non-hydrogen) atoms. The van der Waals surface area contributed by atoms with Crippen LogP contribution in [0.3, 0.4) is 0 Å². The summed E-state index contributed by atoms with van der Waals surface area (Å²) in [6.45, 7) is 0. The van der Waals surface area contributed by atoms with E-state index in [9.17, 15) is 4.79 Å². The summed E-state index contributed by atoms with van der Waals surface area (Å²) < 4.78 is 0. The molecule has 1 rings (SSSR count). The quantitative estimate of drug-likeness (QED) is 0.524. The van der Waals surface area contributed by atoms with Crippen LogP contribution < -0.4 is 10.9 Å². The van der Waals surface area contributed by atoms with E-state index in [-0.39, 0.29) is 5.91 Å². The lowest BCUT2D eigenvalue weighted by Crippen LogP contribution is -2.33. The van der Waals surface area contributed by atoms with Crippen LogP contribution in [0.1, 0.15) is 57.8 Å². The summed E-state index contributed by atoms with van der Waals surface area (Å²) >= 11 is 0. The molecular weight excluding hydrogens is 188 g/mol. The monoisotopic (exact) mass is 212 g/mol. The molecule has 1 saturated carbocycles. The molecule has 1 fully saturated rings. The Morgan fingerprint density at radius 3 is 2.60 bits per heavy atom. The van der Waals surface area contributed by atoms with E-state index in [1.165, 1.54) is 44.9 Å². The molecule has 0 bridgehead atoms. The summed E-state index contributed by atoms with van der Waals surface area (Å²) in [7, 11) is 1.72. The Hall–Kier alpha value is -0.570. The molecule has 0 heterocycles. The lowest BCUT2D eigenvalue weighted by molar-refractivity contribution is -0.122. The van der Waals surface area contributed by atoms with E-state index in [0.29, 0.717) is 6.42 Å². The lowest BCUT2D eigenvalue weighted by atomic mass is 9.85. The van der Waals surface area contributed by atoms with Crippen LogP contribution in [-0.4, -0.2) is 13.0 Å². The van der Waals surface area contributed by atoms with Crippen LogP contribution in [0.4, 0.5) is 0 Å². The Morgan fingerprint density at radius 1 is 1.20 bits per heavy atom. The van der Waals surface area contributed by atoms with Crippen molar-refractivity contribution < 1.29 is 4.79 Å². The van der Waals surface area contributed by atoms with Crippen LogP contribution in [0, 0.1) is 5.92 Å². The third-order valence-corrected chi connectivity index (χ3v) is 3.26. The van der Waals surface area contributed by atoms with Gasteiger partial charge in [-0.15, -0.1) is 0 Å². The number of rotatable bonds is 6. The van der Waals surface area contributed by atoms with Gasteiger partial charge in [0, 0.05) is 13.5 Å². The Kier molecular flexibility index (Phi) is 6.41. The largest absolute Gasteiger partial charge is 0.292 e. The second-order valence-electron chi connectivity index (χ2n) is 4.55. The van der Waals surface area contributed by atoms with Crippen LogP contribution in [0.2, 0.25) is 0 Å². The van der Waals surface area contributed by atoms with Crippen molar-refractivity contribution in [3.05, 3.63) is 0 Å². The summed E-state index contributed by atoms with van der Waals surface area (Å²) in [5.74, 6) is 1.06. The molecule has 3 heteroatoms. The predicted octanol–water partition coefficient (Wildman–Crippen LogP) is 2.38. The highest BCUT2D eigenvalue weighted by Crippen LogP contribution is 2.27. The number of hydrazine groups is 1. The van der Waals surface area contributed by atoms with Crippen LogP contribution in [0.25, 0.3) is 0 Å². The molecule has 3 nitrogen and oxygen atoms in total. The maximum atomic E-state index is 11.1. The van der Waals surface area contributed by atoms with Gasteiger partial charge in [-0.1, -0.05) is 44.9 Å². The Balaban J connectivity index is 1.93. The molecule has 88 valence electrons. The number of unbranched alkanes of at least 4 members (excludes halogenated alkanes) is 1. The summed E-state index contributed by atoms with van der Waals surface area (Å²) in [5.41, 5.74) is 5.25. The standard InChI is InChI=1S/C12H24N2O/c1-13-14-12(15)10-6-5-9-11-7-3-2-4-8-11/h11,13H,2-10H2,1H3,(H,14,15). The minimum atomic E-state index is 0.112. The fourth-order valence-electron chi connectivity index (χ4n) is 2.40. The SMILES string of the molecule is CNNC(=O)CCCCC1CCCCC1. The molecular formula is C12H24N2O. The fourth-order valence-corrected chi connectivity index (χ4v) is 2.40. The highest BCUT2D eigenvalue weighted by Gasteiger charge is 2.12. The number of carbonyl (C=O) groups excluding carboxylic acids is 1. The molecule has 1 aliphatic carbocycles. The van der Waals surface area contributed by atoms with Crippen molar-refractivity contribution in [3.8, 4) is 0 Å². The maximum Gasteiger partial charge on any atom is 0.234 e. The van der Waals surface area contributed by atoms with Crippen molar-refractivity contribution in [2.45, 2.75) is 57.8 Å². The number of amides is 1. The first-order chi connectivity index (χ1) is 7.33. The van der Waals surface area contributed by atoms with Gasteiger partial charge < -0.3 is 0 Å². The van der Waals surface area contributed by atoms with Gasteiger partial charge in [0.25, 0.3) is 0 Å². The minimum absolute atomic E-state index is 0.112. The average molecular weight is 212 g/mol. The second-order valence-corrected chi connectivity index (χ2v) is 4.55.